The monoisotopic (exact) mass is 396 g/mol. The highest BCUT2D eigenvalue weighted by Crippen LogP contribution is 2.32. The predicted molar refractivity (Wildman–Crippen MR) is 102 cm³/mol. The molecule has 8 heteroatoms. The summed E-state index contributed by atoms with van der Waals surface area (Å²) in [6.07, 6.45) is 0. The number of anilines is 1. The minimum atomic E-state index is -3.59. The molecule has 0 aliphatic carbocycles. The van der Waals surface area contributed by atoms with Crippen LogP contribution in [0.3, 0.4) is 0 Å². The van der Waals surface area contributed by atoms with E-state index in [1.54, 1.807) is 32.0 Å². The van der Waals surface area contributed by atoms with Gasteiger partial charge in [0.05, 0.1) is 22.7 Å². The third-order valence-corrected chi connectivity index (χ3v) is 6.29. The second kappa shape index (κ2) is 8.07. The van der Waals surface area contributed by atoms with Crippen molar-refractivity contribution in [2.45, 2.75) is 24.8 Å². The van der Waals surface area contributed by atoms with Crippen molar-refractivity contribution < 1.29 is 17.9 Å². The van der Waals surface area contributed by atoms with Crippen molar-refractivity contribution in [3.63, 3.8) is 0 Å². The first-order chi connectivity index (χ1) is 12.2. The molecular weight excluding hydrogens is 376 g/mol. The summed E-state index contributed by atoms with van der Waals surface area (Å²) >= 11 is 6.04. The topological polar surface area (TPSA) is 75.7 Å². The standard InChI is InChI=1S/C18H21ClN2O4S/c1-12(2)21(3)26(23,24)14-10-8-13(9-11-14)18(22)20-16-7-5-6-15(19)17(16)25-4/h5-12H,1-4H3,(H,20,22). The van der Waals surface area contributed by atoms with Crippen LogP contribution < -0.4 is 10.1 Å². The Morgan fingerprint density at radius 3 is 2.31 bits per heavy atom. The van der Waals surface area contributed by atoms with Gasteiger partial charge in [0.1, 0.15) is 0 Å². The molecule has 0 spiro atoms. The van der Waals surface area contributed by atoms with Gasteiger partial charge in [0.15, 0.2) is 5.75 Å². The fraction of sp³-hybridized carbons (Fsp3) is 0.278. The van der Waals surface area contributed by atoms with Gasteiger partial charge in [0, 0.05) is 18.7 Å². The van der Waals surface area contributed by atoms with Crippen molar-refractivity contribution in [3.8, 4) is 5.75 Å². The summed E-state index contributed by atoms with van der Waals surface area (Å²) in [5.74, 6) is -0.0352. The van der Waals surface area contributed by atoms with E-state index < -0.39 is 15.9 Å². The molecule has 0 aliphatic rings. The molecule has 1 amide bonds. The lowest BCUT2D eigenvalue weighted by Crippen LogP contribution is -2.33. The van der Waals surface area contributed by atoms with Gasteiger partial charge in [-0.1, -0.05) is 17.7 Å². The molecule has 0 heterocycles. The number of ether oxygens (including phenoxy) is 1. The SMILES string of the molecule is COc1c(Cl)cccc1NC(=O)c1ccc(S(=O)(=O)N(C)C(C)C)cc1. The van der Waals surface area contributed by atoms with E-state index >= 15 is 0 Å². The third-order valence-electron chi connectivity index (χ3n) is 3.94. The lowest BCUT2D eigenvalue weighted by atomic mass is 10.2. The Kier molecular flexibility index (Phi) is 6.28. The van der Waals surface area contributed by atoms with Crippen molar-refractivity contribution in [1.82, 2.24) is 4.31 Å². The van der Waals surface area contributed by atoms with Crippen LogP contribution in [0.1, 0.15) is 24.2 Å². The van der Waals surface area contributed by atoms with E-state index in [1.807, 2.05) is 0 Å². The number of hydrogen-bond donors (Lipinski definition) is 1. The number of hydrogen-bond acceptors (Lipinski definition) is 4. The summed E-state index contributed by atoms with van der Waals surface area (Å²) < 4.78 is 31.4. The van der Waals surface area contributed by atoms with E-state index in [4.69, 9.17) is 16.3 Å². The van der Waals surface area contributed by atoms with E-state index in [1.165, 1.54) is 42.7 Å². The van der Waals surface area contributed by atoms with Crippen LogP contribution in [0.5, 0.6) is 5.75 Å². The molecule has 0 unspecified atom stereocenters. The Labute approximate surface area is 158 Å². The molecule has 0 bridgehead atoms. The molecule has 0 aliphatic heterocycles. The molecule has 0 radical (unpaired) electrons. The minimum absolute atomic E-state index is 0.130. The smallest absolute Gasteiger partial charge is 0.255 e. The summed E-state index contributed by atoms with van der Waals surface area (Å²) in [4.78, 5) is 12.6. The molecule has 0 fully saturated rings. The van der Waals surface area contributed by atoms with Crippen molar-refractivity contribution >= 4 is 33.2 Å². The summed E-state index contributed by atoms with van der Waals surface area (Å²) in [6.45, 7) is 3.58. The van der Waals surface area contributed by atoms with Crippen LogP contribution in [0.15, 0.2) is 47.4 Å². The maximum Gasteiger partial charge on any atom is 0.255 e. The van der Waals surface area contributed by atoms with Gasteiger partial charge in [-0.25, -0.2) is 8.42 Å². The fourth-order valence-corrected chi connectivity index (χ4v) is 3.85. The highest BCUT2D eigenvalue weighted by Gasteiger charge is 2.23. The number of amides is 1. The van der Waals surface area contributed by atoms with Gasteiger partial charge in [-0.05, 0) is 50.2 Å². The van der Waals surface area contributed by atoms with Gasteiger partial charge < -0.3 is 10.1 Å². The largest absolute Gasteiger partial charge is 0.493 e. The number of methoxy groups -OCH3 is 1. The number of benzene rings is 2. The van der Waals surface area contributed by atoms with Crippen LogP contribution in [0.4, 0.5) is 5.69 Å². The van der Waals surface area contributed by atoms with Crippen molar-refractivity contribution in [2.75, 3.05) is 19.5 Å². The first-order valence-corrected chi connectivity index (χ1v) is 9.72. The van der Waals surface area contributed by atoms with Crippen molar-refractivity contribution in [2.24, 2.45) is 0 Å². The van der Waals surface area contributed by atoms with Crippen LogP contribution in [0.2, 0.25) is 5.02 Å². The van der Waals surface area contributed by atoms with Crippen LogP contribution >= 0.6 is 11.6 Å². The van der Waals surface area contributed by atoms with Crippen LogP contribution in [-0.4, -0.2) is 38.8 Å². The molecule has 0 saturated carbocycles. The van der Waals surface area contributed by atoms with Crippen molar-refractivity contribution in [3.05, 3.63) is 53.1 Å². The molecule has 26 heavy (non-hydrogen) atoms. The maximum absolute atomic E-state index is 12.5. The number of sulfonamides is 1. The normalized spacial score (nSPS) is 11.7. The quantitative estimate of drug-likeness (QED) is 0.808. The van der Waals surface area contributed by atoms with E-state index in [9.17, 15) is 13.2 Å². The summed E-state index contributed by atoms with van der Waals surface area (Å²) in [5.41, 5.74) is 0.749. The maximum atomic E-state index is 12.5. The highest BCUT2D eigenvalue weighted by molar-refractivity contribution is 7.89. The average molecular weight is 397 g/mol. The Bertz CT molecular complexity index is 896. The summed E-state index contributed by atoms with van der Waals surface area (Å²) in [6, 6.07) is 10.6. The van der Waals surface area contributed by atoms with E-state index in [0.29, 0.717) is 22.0 Å². The molecule has 0 aromatic heterocycles. The molecule has 6 nitrogen and oxygen atoms in total. The van der Waals surface area contributed by atoms with E-state index in [2.05, 4.69) is 5.32 Å². The van der Waals surface area contributed by atoms with Gasteiger partial charge >= 0.3 is 0 Å². The zero-order valence-electron chi connectivity index (χ0n) is 15.0. The Balaban J connectivity index is 2.24. The Morgan fingerprint density at radius 2 is 1.77 bits per heavy atom. The molecule has 2 rings (SSSR count). The lowest BCUT2D eigenvalue weighted by Gasteiger charge is -2.21. The molecule has 2 aromatic rings. The molecule has 1 N–H and O–H groups in total. The highest BCUT2D eigenvalue weighted by atomic mass is 35.5. The third kappa shape index (κ3) is 4.17. The number of rotatable bonds is 6. The zero-order valence-corrected chi connectivity index (χ0v) is 16.6. The van der Waals surface area contributed by atoms with Gasteiger partial charge in [-0.15, -0.1) is 0 Å². The molecular formula is C18H21ClN2O4S. The Hall–Kier alpha value is -2.09. The number of nitrogens with one attached hydrogen (secondary N) is 1. The second-order valence-electron chi connectivity index (χ2n) is 5.91. The minimum Gasteiger partial charge on any atom is -0.493 e. The average Bonchev–Trinajstić information content (AvgIpc) is 2.61. The van der Waals surface area contributed by atoms with Crippen LogP contribution in [0, 0.1) is 0 Å². The number of halogens is 1. The number of carbonyl (C=O) groups excluding carboxylic acids is 1. The first kappa shape index (κ1) is 20.2. The second-order valence-corrected chi connectivity index (χ2v) is 8.32. The number of nitrogens with zero attached hydrogens (tertiary/aromatic N) is 1. The van der Waals surface area contributed by atoms with Crippen LogP contribution in [0.25, 0.3) is 0 Å². The number of carbonyl (C=O) groups is 1. The number of para-hydroxylation sites is 1. The van der Waals surface area contributed by atoms with Gasteiger partial charge in [0.2, 0.25) is 10.0 Å². The fourth-order valence-electron chi connectivity index (χ4n) is 2.23. The van der Waals surface area contributed by atoms with E-state index in [-0.39, 0.29) is 10.9 Å². The summed E-state index contributed by atoms with van der Waals surface area (Å²) in [5, 5.41) is 3.09. The lowest BCUT2D eigenvalue weighted by molar-refractivity contribution is 0.102. The van der Waals surface area contributed by atoms with E-state index in [0.717, 1.165) is 0 Å². The Morgan fingerprint density at radius 1 is 1.15 bits per heavy atom. The van der Waals surface area contributed by atoms with Crippen LogP contribution in [-0.2, 0) is 10.0 Å². The van der Waals surface area contributed by atoms with Gasteiger partial charge in [0.25, 0.3) is 5.91 Å². The molecule has 2 aromatic carbocycles. The summed E-state index contributed by atoms with van der Waals surface area (Å²) in [7, 11) is -0.612. The first-order valence-electron chi connectivity index (χ1n) is 7.90. The molecule has 140 valence electrons. The van der Waals surface area contributed by atoms with Gasteiger partial charge in [-0.3, -0.25) is 4.79 Å². The zero-order chi connectivity index (χ0) is 19.5. The molecule has 0 saturated heterocycles. The predicted octanol–water partition coefficient (Wildman–Crippen LogP) is 3.63. The molecule has 0 atom stereocenters. The van der Waals surface area contributed by atoms with Crippen molar-refractivity contribution in [1.29, 1.82) is 0 Å². The van der Waals surface area contributed by atoms with Gasteiger partial charge in [-0.2, -0.15) is 4.31 Å².